The summed E-state index contributed by atoms with van der Waals surface area (Å²) in [6, 6.07) is 15.8. The quantitative estimate of drug-likeness (QED) is 0.417. The summed E-state index contributed by atoms with van der Waals surface area (Å²) in [6.07, 6.45) is 1.74. The summed E-state index contributed by atoms with van der Waals surface area (Å²) in [5.41, 5.74) is 1.64. The van der Waals surface area contributed by atoms with Crippen LogP contribution in [0.2, 0.25) is 0 Å². The molecule has 2 amide bonds. The third kappa shape index (κ3) is 6.33. The highest BCUT2D eigenvalue weighted by Gasteiger charge is 2.13. The minimum Gasteiger partial charge on any atom is -0.490 e. The van der Waals surface area contributed by atoms with E-state index in [4.69, 9.17) is 9.47 Å². The van der Waals surface area contributed by atoms with E-state index in [1.165, 1.54) is 11.3 Å². The molecule has 2 N–H and O–H groups in total. The Labute approximate surface area is 186 Å². The number of carbonyl (C=O) groups is 2. The fraction of sp³-hybridized carbons (Fsp3) is 0.250. The second kappa shape index (κ2) is 11.2. The van der Waals surface area contributed by atoms with E-state index in [9.17, 15) is 9.59 Å². The molecule has 0 saturated heterocycles. The molecule has 0 aliphatic heterocycles. The zero-order chi connectivity index (χ0) is 22.1. The Morgan fingerprint density at radius 2 is 1.48 bits per heavy atom. The van der Waals surface area contributed by atoms with E-state index >= 15 is 0 Å². The van der Waals surface area contributed by atoms with Crippen molar-refractivity contribution in [3.8, 4) is 11.5 Å². The molecule has 2 aromatic carbocycles. The van der Waals surface area contributed by atoms with Crippen LogP contribution in [0.5, 0.6) is 11.5 Å². The maximum absolute atomic E-state index is 12.8. The number of rotatable bonds is 10. The topological polar surface area (TPSA) is 76.7 Å². The van der Waals surface area contributed by atoms with Crippen LogP contribution in [-0.4, -0.2) is 25.0 Å². The second-order valence-corrected chi connectivity index (χ2v) is 7.77. The standard InChI is InChI=1S/C24H26N2O4S/c1-3-12-29-20-11-10-17(15-21(20)30-13-4-2)23(27)25-18-7-5-8-19(16-18)26-24(28)22-9-6-14-31-22/h5-11,14-16H,3-4,12-13H2,1-2H3,(H,25,27)(H,26,28). The Morgan fingerprint density at radius 1 is 0.806 bits per heavy atom. The first kappa shape index (κ1) is 22.4. The maximum Gasteiger partial charge on any atom is 0.265 e. The second-order valence-electron chi connectivity index (χ2n) is 6.82. The van der Waals surface area contributed by atoms with Gasteiger partial charge in [0.25, 0.3) is 11.8 Å². The third-order valence-corrected chi connectivity index (χ3v) is 5.12. The van der Waals surface area contributed by atoms with Crippen molar-refractivity contribution in [3.63, 3.8) is 0 Å². The van der Waals surface area contributed by atoms with Gasteiger partial charge in [-0.15, -0.1) is 11.3 Å². The summed E-state index contributed by atoms with van der Waals surface area (Å²) in [7, 11) is 0. The number of thiophene rings is 1. The number of amides is 2. The summed E-state index contributed by atoms with van der Waals surface area (Å²) in [6.45, 7) is 5.18. The van der Waals surface area contributed by atoms with E-state index in [2.05, 4.69) is 10.6 Å². The molecule has 3 aromatic rings. The number of ether oxygens (including phenoxy) is 2. The lowest BCUT2D eigenvalue weighted by Gasteiger charge is -2.14. The summed E-state index contributed by atoms with van der Waals surface area (Å²) in [5.74, 6) is 0.731. The number of hydrogen-bond acceptors (Lipinski definition) is 5. The van der Waals surface area contributed by atoms with Gasteiger partial charge in [-0.2, -0.15) is 0 Å². The molecule has 0 aliphatic carbocycles. The van der Waals surface area contributed by atoms with Crippen LogP contribution in [0.15, 0.2) is 60.0 Å². The summed E-state index contributed by atoms with van der Waals surface area (Å²) in [5, 5.41) is 7.56. The molecule has 0 unspecified atom stereocenters. The van der Waals surface area contributed by atoms with E-state index in [0.717, 1.165) is 12.8 Å². The molecule has 1 heterocycles. The van der Waals surface area contributed by atoms with E-state index in [1.54, 1.807) is 48.5 Å². The zero-order valence-electron chi connectivity index (χ0n) is 17.6. The van der Waals surface area contributed by atoms with Crippen LogP contribution in [0, 0.1) is 0 Å². The summed E-state index contributed by atoms with van der Waals surface area (Å²) >= 11 is 1.37. The number of hydrogen-bond donors (Lipinski definition) is 2. The molecule has 0 aliphatic rings. The summed E-state index contributed by atoms with van der Waals surface area (Å²) in [4.78, 5) is 25.7. The average molecular weight is 439 g/mol. The first-order valence-electron chi connectivity index (χ1n) is 10.3. The van der Waals surface area contributed by atoms with Crippen LogP contribution >= 0.6 is 11.3 Å². The van der Waals surface area contributed by atoms with Gasteiger partial charge in [0.05, 0.1) is 18.1 Å². The van der Waals surface area contributed by atoms with Gasteiger partial charge in [0, 0.05) is 16.9 Å². The van der Waals surface area contributed by atoms with Crippen molar-refractivity contribution in [2.45, 2.75) is 26.7 Å². The van der Waals surface area contributed by atoms with Gasteiger partial charge in [-0.05, 0) is 60.7 Å². The lowest BCUT2D eigenvalue weighted by molar-refractivity contribution is 0.102. The molecule has 1 aromatic heterocycles. The highest BCUT2D eigenvalue weighted by molar-refractivity contribution is 7.12. The van der Waals surface area contributed by atoms with Gasteiger partial charge >= 0.3 is 0 Å². The lowest BCUT2D eigenvalue weighted by Crippen LogP contribution is -2.14. The van der Waals surface area contributed by atoms with E-state index in [0.29, 0.717) is 46.5 Å². The first-order chi connectivity index (χ1) is 15.1. The third-order valence-electron chi connectivity index (χ3n) is 4.25. The average Bonchev–Trinajstić information content (AvgIpc) is 3.32. The van der Waals surface area contributed by atoms with Crippen molar-refractivity contribution in [1.82, 2.24) is 0 Å². The van der Waals surface area contributed by atoms with E-state index in [-0.39, 0.29) is 11.8 Å². The molecule has 0 saturated carbocycles. The Hall–Kier alpha value is -3.32. The number of anilines is 2. The summed E-state index contributed by atoms with van der Waals surface area (Å²) < 4.78 is 11.5. The molecule has 0 radical (unpaired) electrons. The molecule has 0 spiro atoms. The predicted molar refractivity (Wildman–Crippen MR) is 125 cm³/mol. The van der Waals surface area contributed by atoms with Gasteiger partial charge in [0.2, 0.25) is 0 Å². The highest BCUT2D eigenvalue weighted by Crippen LogP contribution is 2.29. The normalized spacial score (nSPS) is 10.4. The number of benzene rings is 2. The van der Waals surface area contributed by atoms with Crippen LogP contribution in [0.1, 0.15) is 46.7 Å². The van der Waals surface area contributed by atoms with E-state index in [1.807, 2.05) is 25.3 Å². The maximum atomic E-state index is 12.8. The van der Waals surface area contributed by atoms with Crippen molar-refractivity contribution in [3.05, 3.63) is 70.4 Å². The Kier molecular flexibility index (Phi) is 8.06. The van der Waals surface area contributed by atoms with Crippen LogP contribution in [-0.2, 0) is 0 Å². The lowest BCUT2D eigenvalue weighted by atomic mass is 10.1. The SMILES string of the molecule is CCCOc1ccc(C(=O)Nc2cccc(NC(=O)c3cccs3)c2)cc1OCCC. The smallest absolute Gasteiger partial charge is 0.265 e. The minimum absolute atomic E-state index is 0.182. The fourth-order valence-corrected chi connectivity index (χ4v) is 3.40. The van der Waals surface area contributed by atoms with E-state index < -0.39 is 0 Å². The Balaban J connectivity index is 1.71. The fourth-order valence-electron chi connectivity index (χ4n) is 2.78. The first-order valence-corrected chi connectivity index (χ1v) is 11.1. The molecule has 3 rings (SSSR count). The van der Waals surface area contributed by atoms with Crippen molar-refractivity contribution in [1.29, 1.82) is 0 Å². The van der Waals surface area contributed by atoms with Crippen LogP contribution in [0.4, 0.5) is 11.4 Å². The van der Waals surface area contributed by atoms with Gasteiger partial charge in [0.1, 0.15) is 0 Å². The zero-order valence-corrected chi connectivity index (χ0v) is 18.5. The van der Waals surface area contributed by atoms with Crippen LogP contribution < -0.4 is 20.1 Å². The van der Waals surface area contributed by atoms with Crippen LogP contribution in [0.3, 0.4) is 0 Å². The van der Waals surface area contributed by atoms with Gasteiger partial charge in [-0.3, -0.25) is 9.59 Å². The van der Waals surface area contributed by atoms with Crippen LogP contribution in [0.25, 0.3) is 0 Å². The van der Waals surface area contributed by atoms with Gasteiger partial charge in [0.15, 0.2) is 11.5 Å². The van der Waals surface area contributed by atoms with Gasteiger partial charge in [-0.25, -0.2) is 0 Å². The Morgan fingerprint density at radius 3 is 2.13 bits per heavy atom. The van der Waals surface area contributed by atoms with Gasteiger partial charge < -0.3 is 20.1 Å². The molecule has 6 nitrogen and oxygen atoms in total. The van der Waals surface area contributed by atoms with Crippen molar-refractivity contribution in [2.75, 3.05) is 23.8 Å². The molecule has 162 valence electrons. The molecular weight excluding hydrogens is 412 g/mol. The monoisotopic (exact) mass is 438 g/mol. The molecule has 0 fully saturated rings. The molecular formula is C24H26N2O4S. The minimum atomic E-state index is -0.273. The molecule has 31 heavy (non-hydrogen) atoms. The molecule has 7 heteroatoms. The van der Waals surface area contributed by atoms with Gasteiger partial charge in [-0.1, -0.05) is 26.0 Å². The number of nitrogens with one attached hydrogen (secondary N) is 2. The van der Waals surface area contributed by atoms with Crippen molar-refractivity contribution >= 4 is 34.5 Å². The predicted octanol–water partition coefficient (Wildman–Crippen LogP) is 5.83. The Bertz CT molecular complexity index is 1020. The number of carbonyl (C=O) groups excluding carboxylic acids is 2. The molecule has 0 bridgehead atoms. The highest BCUT2D eigenvalue weighted by atomic mass is 32.1. The van der Waals surface area contributed by atoms with Crippen molar-refractivity contribution in [2.24, 2.45) is 0 Å². The largest absolute Gasteiger partial charge is 0.490 e. The molecule has 0 atom stereocenters. The van der Waals surface area contributed by atoms with Crippen molar-refractivity contribution < 1.29 is 19.1 Å².